The van der Waals surface area contributed by atoms with E-state index in [1.807, 2.05) is 6.92 Å². The fourth-order valence-electron chi connectivity index (χ4n) is 1.75. The quantitative estimate of drug-likeness (QED) is 0.878. The number of nitrogens with one attached hydrogen (secondary N) is 1. The van der Waals surface area contributed by atoms with Crippen molar-refractivity contribution < 1.29 is 9.47 Å². The topological polar surface area (TPSA) is 80.1 Å². The van der Waals surface area contributed by atoms with Gasteiger partial charge in [0.05, 0.1) is 5.56 Å². The SMILES string of the molecule is CCNc1cc(Oc2ccccc2C#N)nc(COC)n1. The first kappa shape index (κ1) is 14.8. The third-order valence-corrected chi connectivity index (χ3v) is 2.60. The van der Waals surface area contributed by atoms with Gasteiger partial charge in [-0.3, -0.25) is 0 Å². The minimum absolute atomic E-state index is 0.287. The molecule has 0 fully saturated rings. The zero-order chi connectivity index (χ0) is 15.1. The lowest BCUT2D eigenvalue weighted by atomic mass is 10.2. The largest absolute Gasteiger partial charge is 0.437 e. The zero-order valence-electron chi connectivity index (χ0n) is 12.0. The summed E-state index contributed by atoms with van der Waals surface area (Å²) in [6.07, 6.45) is 0. The van der Waals surface area contributed by atoms with Gasteiger partial charge in [0.1, 0.15) is 24.2 Å². The van der Waals surface area contributed by atoms with Crippen LogP contribution in [0.1, 0.15) is 18.3 Å². The highest BCUT2D eigenvalue weighted by Gasteiger charge is 2.09. The highest BCUT2D eigenvalue weighted by molar-refractivity contribution is 5.46. The third kappa shape index (κ3) is 3.91. The molecule has 0 bridgehead atoms. The summed E-state index contributed by atoms with van der Waals surface area (Å²) in [7, 11) is 1.58. The van der Waals surface area contributed by atoms with Crippen LogP contribution in [0.3, 0.4) is 0 Å². The molecule has 1 N–H and O–H groups in total. The number of nitriles is 1. The first-order valence-corrected chi connectivity index (χ1v) is 6.54. The average molecular weight is 284 g/mol. The summed E-state index contributed by atoms with van der Waals surface area (Å²) in [6.45, 7) is 3.00. The summed E-state index contributed by atoms with van der Waals surface area (Å²) in [5.41, 5.74) is 0.453. The number of hydrogen-bond acceptors (Lipinski definition) is 6. The molecule has 1 aromatic heterocycles. The smallest absolute Gasteiger partial charge is 0.224 e. The lowest BCUT2D eigenvalue weighted by Gasteiger charge is -2.10. The maximum absolute atomic E-state index is 9.08. The molecule has 0 aliphatic heterocycles. The lowest BCUT2D eigenvalue weighted by molar-refractivity contribution is 0.177. The molecule has 0 spiro atoms. The Bertz CT molecular complexity index is 628. The standard InChI is InChI=1S/C15H16N4O2/c1-3-17-13-8-15(19-14(18-13)10-20-2)21-12-7-5-4-6-11(12)9-16/h4-8H,3,10H2,1-2H3,(H,17,18,19). The minimum atomic E-state index is 0.287. The summed E-state index contributed by atoms with van der Waals surface area (Å²) >= 11 is 0. The molecular weight excluding hydrogens is 268 g/mol. The second-order valence-corrected chi connectivity index (χ2v) is 4.18. The Hall–Kier alpha value is -2.65. The van der Waals surface area contributed by atoms with E-state index >= 15 is 0 Å². The van der Waals surface area contributed by atoms with Crippen molar-refractivity contribution in [1.29, 1.82) is 5.26 Å². The molecule has 0 aliphatic carbocycles. The van der Waals surface area contributed by atoms with Crippen LogP contribution in [0.25, 0.3) is 0 Å². The second kappa shape index (κ2) is 7.22. The highest BCUT2D eigenvalue weighted by Crippen LogP contribution is 2.24. The number of aromatic nitrogens is 2. The van der Waals surface area contributed by atoms with Gasteiger partial charge >= 0.3 is 0 Å². The predicted molar refractivity (Wildman–Crippen MR) is 78.1 cm³/mol. The van der Waals surface area contributed by atoms with Gasteiger partial charge in [0.15, 0.2) is 5.82 Å². The number of para-hydroxylation sites is 1. The van der Waals surface area contributed by atoms with E-state index in [0.29, 0.717) is 28.8 Å². The molecule has 0 radical (unpaired) electrons. The molecule has 0 amide bonds. The van der Waals surface area contributed by atoms with Crippen LogP contribution in [-0.2, 0) is 11.3 Å². The van der Waals surface area contributed by atoms with Gasteiger partial charge in [0.2, 0.25) is 5.88 Å². The Morgan fingerprint density at radius 2 is 2.10 bits per heavy atom. The molecular formula is C15H16N4O2. The Labute approximate surface area is 123 Å². The van der Waals surface area contributed by atoms with Crippen LogP contribution >= 0.6 is 0 Å². The number of benzene rings is 1. The summed E-state index contributed by atoms with van der Waals surface area (Å²) in [6, 6.07) is 10.8. The number of anilines is 1. The molecule has 1 heterocycles. The minimum Gasteiger partial charge on any atom is -0.437 e. The van der Waals surface area contributed by atoms with Gasteiger partial charge in [0.25, 0.3) is 0 Å². The van der Waals surface area contributed by atoms with Crippen LogP contribution < -0.4 is 10.1 Å². The summed E-state index contributed by atoms with van der Waals surface area (Å²) < 4.78 is 10.8. The molecule has 6 heteroatoms. The first-order valence-electron chi connectivity index (χ1n) is 6.54. The molecule has 0 aliphatic rings. The lowest BCUT2D eigenvalue weighted by Crippen LogP contribution is -2.05. The molecule has 108 valence electrons. The number of rotatable bonds is 6. The molecule has 0 saturated heterocycles. The molecule has 0 unspecified atom stereocenters. The molecule has 2 aromatic rings. The van der Waals surface area contributed by atoms with Gasteiger partial charge in [-0.2, -0.15) is 10.2 Å². The van der Waals surface area contributed by atoms with E-state index in [4.69, 9.17) is 14.7 Å². The Balaban J connectivity index is 2.32. The van der Waals surface area contributed by atoms with Crippen LogP contribution in [0.5, 0.6) is 11.6 Å². The van der Waals surface area contributed by atoms with Crippen molar-refractivity contribution in [1.82, 2.24) is 9.97 Å². The Kier molecular flexibility index (Phi) is 5.07. The van der Waals surface area contributed by atoms with Gasteiger partial charge in [-0.25, -0.2) is 4.98 Å². The van der Waals surface area contributed by atoms with Crippen molar-refractivity contribution in [3.63, 3.8) is 0 Å². The van der Waals surface area contributed by atoms with Gasteiger partial charge in [-0.15, -0.1) is 0 Å². The second-order valence-electron chi connectivity index (χ2n) is 4.18. The fourth-order valence-corrected chi connectivity index (χ4v) is 1.75. The number of methoxy groups -OCH3 is 1. The highest BCUT2D eigenvalue weighted by atomic mass is 16.5. The predicted octanol–water partition coefficient (Wildman–Crippen LogP) is 2.72. The third-order valence-electron chi connectivity index (χ3n) is 2.60. The van der Waals surface area contributed by atoms with Gasteiger partial charge in [-0.1, -0.05) is 12.1 Å². The molecule has 0 saturated carbocycles. The van der Waals surface area contributed by atoms with E-state index < -0.39 is 0 Å². The van der Waals surface area contributed by atoms with E-state index in [1.165, 1.54) is 0 Å². The monoisotopic (exact) mass is 284 g/mol. The van der Waals surface area contributed by atoms with E-state index in [9.17, 15) is 0 Å². The average Bonchev–Trinajstić information content (AvgIpc) is 2.48. The number of nitrogens with zero attached hydrogens (tertiary/aromatic N) is 3. The maximum atomic E-state index is 9.08. The van der Waals surface area contributed by atoms with Crippen LogP contribution in [0.4, 0.5) is 5.82 Å². The van der Waals surface area contributed by atoms with E-state index in [-0.39, 0.29) is 6.61 Å². The van der Waals surface area contributed by atoms with Gasteiger partial charge in [0, 0.05) is 19.7 Å². The summed E-state index contributed by atoms with van der Waals surface area (Å²) in [5, 5.41) is 12.2. The van der Waals surface area contributed by atoms with Crippen LogP contribution in [0, 0.1) is 11.3 Å². The van der Waals surface area contributed by atoms with Crippen molar-refractivity contribution in [2.24, 2.45) is 0 Å². The molecule has 2 rings (SSSR count). The summed E-state index contributed by atoms with van der Waals surface area (Å²) in [4.78, 5) is 8.57. The van der Waals surface area contributed by atoms with Crippen LogP contribution in [0.2, 0.25) is 0 Å². The van der Waals surface area contributed by atoms with Crippen molar-refractivity contribution in [3.8, 4) is 17.7 Å². The Morgan fingerprint density at radius 3 is 2.81 bits per heavy atom. The van der Waals surface area contributed by atoms with E-state index in [2.05, 4.69) is 21.4 Å². The molecule has 21 heavy (non-hydrogen) atoms. The molecule has 1 aromatic carbocycles. The van der Waals surface area contributed by atoms with Crippen LogP contribution in [-0.4, -0.2) is 23.6 Å². The van der Waals surface area contributed by atoms with Crippen molar-refractivity contribution in [2.45, 2.75) is 13.5 Å². The first-order chi connectivity index (χ1) is 10.3. The summed E-state index contributed by atoms with van der Waals surface area (Å²) in [5.74, 6) is 2.00. The van der Waals surface area contributed by atoms with E-state index in [1.54, 1.807) is 37.4 Å². The molecule has 0 atom stereocenters. The zero-order valence-corrected chi connectivity index (χ0v) is 12.0. The van der Waals surface area contributed by atoms with Gasteiger partial charge in [-0.05, 0) is 19.1 Å². The normalized spacial score (nSPS) is 9.95. The van der Waals surface area contributed by atoms with Crippen molar-refractivity contribution in [3.05, 3.63) is 41.7 Å². The van der Waals surface area contributed by atoms with Crippen molar-refractivity contribution in [2.75, 3.05) is 19.0 Å². The van der Waals surface area contributed by atoms with E-state index in [0.717, 1.165) is 6.54 Å². The number of hydrogen-bond donors (Lipinski definition) is 1. The van der Waals surface area contributed by atoms with Crippen molar-refractivity contribution >= 4 is 5.82 Å². The maximum Gasteiger partial charge on any atom is 0.224 e. The Morgan fingerprint density at radius 1 is 1.29 bits per heavy atom. The van der Waals surface area contributed by atoms with Gasteiger partial charge < -0.3 is 14.8 Å². The number of ether oxygens (including phenoxy) is 2. The fraction of sp³-hybridized carbons (Fsp3) is 0.267. The molecule has 6 nitrogen and oxygen atoms in total. The van der Waals surface area contributed by atoms with Crippen LogP contribution in [0.15, 0.2) is 30.3 Å².